The highest BCUT2D eigenvalue weighted by Crippen LogP contribution is 2.59. The monoisotopic (exact) mass is 585 g/mol. The maximum absolute atomic E-state index is 9.00. The van der Waals surface area contributed by atoms with Crippen molar-refractivity contribution in [2.45, 2.75) is 0 Å². The Morgan fingerprint density at radius 1 is 0.619 bits per heavy atom. The van der Waals surface area contributed by atoms with Gasteiger partial charge >= 0.3 is 0 Å². The number of nitriles is 1. The maximum atomic E-state index is 9.00. The minimum atomic E-state index is 0.439. The van der Waals surface area contributed by atoms with E-state index in [1.165, 1.54) is 22.5 Å². The van der Waals surface area contributed by atoms with Crippen molar-refractivity contribution < 1.29 is 18.9 Å². The molecule has 0 saturated carbocycles. The molecule has 0 atom stereocenters. The van der Waals surface area contributed by atoms with Gasteiger partial charge in [-0.05, 0) is 39.8 Å². The highest BCUT2D eigenvalue weighted by molar-refractivity contribution is 7.25. The number of hydrogen-bond donors (Lipinski definition) is 0. The van der Waals surface area contributed by atoms with Gasteiger partial charge in [-0.3, -0.25) is 0 Å². The summed E-state index contributed by atoms with van der Waals surface area (Å²) in [5, 5.41) is 9.00. The second kappa shape index (κ2) is 11.5. The van der Waals surface area contributed by atoms with Crippen LogP contribution in [0.3, 0.4) is 0 Å². The molecule has 5 aromatic rings. The minimum Gasteiger partial charge on any atom is -0.485 e. The second-order valence-corrected chi connectivity index (χ2v) is 11.5. The predicted octanol–water partition coefficient (Wildman–Crippen LogP) is 8.15. The first-order chi connectivity index (χ1) is 20.8. The standard InChI is InChI=1S/C35H23NO4S2/c36-17-7-12-28-29-30(38-19-18-37-29)34(41-28)35-32-31(39-20-21-40-32)33(42-35)26-15-13-23(14-16-26)22-27(24-8-3-1-4-9-24)25-10-5-2-6-11-25/h1-6,8-11,13-16,22H,18-21H2. The van der Waals surface area contributed by atoms with Gasteiger partial charge in [0.1, 0.15) is 31.3 Å². The number of nitrogens with zero attached hydrogens (tertiary/aromatic N) is 1. The van der Waals surface area contributed by atoms with Crippen molar-refractivity contribution in [2.24, 2.45) is 0 Å². The first-order valence-corrected chi connectivity index (χ1v) is 15.1. The van der Waals surface area contributed by atoms with E-state index < -0.39 is 0 Å². The molecule has 0 fully saturated rings. The SMILES string of the molecule is N#CC#Cc1sc(-c2sc(-c3ccc(C=C(c4ccccc4)c4ccccc4)cc3)c3c2OCCO3)c2c1OCCO2. The third-order valence-electron chi connectivity index (χ3n) is 6.89. The summed E-state index contributed by atoms with van der Waals surface area (Å²) in [6.45, 7) is 1.83. The van der Waals surface area contributed by atoms with Gasteiger partial charge in [0.2, 0.25) is 0 Å². The van der Waals surface area contributed by atoms with E-state index in [0.29, 0.717) is 48.6 Å². The molecule has 42 heavy (non-hydrogen) atoms. The van der Waals surface area contributed by atoms with Crippen LogP contribution in [-0.2, 0) is 0 Å². The molecule has 0 amide bonds. The van der Waals surface area contributed by atoms with Gasteiger partial charge in [0.15, 0.2) is 29.1 Å². The van der Waals surface area contributed by atoms with E-state index >= 15 is 0 Å². The van der Waals surface area contributed by atoms with Gasteiger partial charge in [-0.15, -0.1) is 22.7 Å². The van der Waals surface area contributed by atoms with Crippen LogP contribution < -0.4 is 18.9 Å². The van der Waals surface area contributed by atoms with Crippen LogP contribution in [0.2, 0.25) is 0 Å². The quantitative estimate of drug-likeness (QED) is 0.154. The second-order valence-electron chi connectivity index (χ2n) is 9.50. The Bertz CT molecular complexity index is 1840. The number of rotatable bonds is 5. The summed E-state index contributed by atoms with van der Waals surface area (Å²) in [5.74, 6) is 8.07. The molecule has 0 saturated heterocycles. The van der Waals surface area contributed by atoms with Gasteiger partial charge in [-0.2, -0.15) is 5.26 Å². The number of hydrogen-bond acceptors (Lipinski definition) is 7. The molecule has 2 aliphatic heterocycles. The van der Waals surface area contributed by atoms with Crippen molar-refractivity contribution >= 4 is 34.3 Å². The molecular weight excluding hydrogens is 563 g/mol. The van der Waals surface area contributed by atoms with Crippen LogP contribution in [0, 0.1) is 23.2 Å². The molecule has 3 aromatic carbocycles. The highest BCUT2D eigenvalue weighted by Gasteiger charge is 2.32. The largest absolute Gasteiger partial charge is 0.485 e. The Labute approximate surface area is 251 Å². The number of benzene rings is 3. The van der Waals surface area contributed by atoms with E-state index in [9.17, 15) is 0 Å². The molecule has 7 heteroatoms. The summed E-state index contributed by atoms with van der Waals surface area (Å²) in [5.41, 5.74) is 5.64. The predicted molar refractivity (Wildman–Crippen MR) is 167 cm³/mol. The van der Waals surface area contributed by atoms with Crippen molar-refractivity contribution in [1.29, 1.82) is 5.26 Å². The molecule has 0 spiro atoms. The van der Waals surface area contributed by atoms with Crippen molar-refractivity contribution in [3.63, 3.8) is 0 Å². The van der Waals surface area contributed by atoms with E-state index in [2.05, 4.69) is 90.7 Å². The molecule has 2 aromatic heterocycles. The minimum absolute atomic E-state index is 0.439. The summed E-state index contributed by atoms with van der Waals surface area (Å²) in [7, 11) is 0. The van der Waals surface area contributed by atoms with Crippen LogP contribution in [0.25, 0.3) is 31.8 Å². The van der Waals surface area contributed by atoms with Crippen molar-refractivity contribution in [1.82, 2.24) is 0 Å². The summed E-state index contributed by atoms with van der Waals surface area (Å²) in [6, 6.07) is 31.3. The Kier molecular flexibility index (Phi) is 7.12. The summed E-state index contributed by atoms with van der Waals surface area (Å²) < 4.78 is 24.3. The summed E-state index contributed by atoms with van der Waals surface area (Å²) in [4.78, 5) is 3.45. The van der Waals surface area contributed by atoms with Crippen LogP contribution >= 0.6 is 22.7 Å². The van der Waals surface area contributed by atoms with Gasteiger partial charge in [0.25, 0.3) is 0 Å². The lowest BCUT2D eigenvalue weighted by atomic mass is 9.95. The fraction of sp³-hybridized carbons (Fsp3) is 0.114. The van der Waals surface area contributed by atoms with E-state index in [-0.39, 0.29) is 0 Å². The molecule has 0 radical (unpaired) electrons. The normalized spacial score (nSPS) is 12.9. The summed E-state index contributed by atoms with van der Waals surface area (Å²) in [6.07, 6.45) is 2.22. The number of fused-ring (bicyclic) bond motifs is 2. The molecule has 204 valence electrons. The first-order valence-electron chi connectivity index (χ1n) is 13.5. The fourth-order valence-electron chi connectivity index (χ4n) is 5.02. The average molecular weight is 586 g/mol. The Morgan fingerprint density at radius 2 is 1.14 bits per heavy atom. The molecule has 0 bridgehead atoms. The topological polar surface area (TPSA) is 60.7 Å². The van der Waals surface area contributed by atoms with E-state index in [1.807, 2.05) is 18.2 Å². The molecule has 2 aliphatic rings. The van der Waals surface area contributed by atoms with Crippen LogP contribution in [0.1, 0.15) is 21.6 Å². The fourth-order valence-corrected chi connectivity index (χ4v) is 7.39. The zero-order valence-corrected chi connectivity index (χ0v) is 24.0. The van der Waals surface area contributed by atoms with Gasteiger partial charge in [-0.1, -0.05) is 84.9 Å². The zero-order valence-electron chi connectivity index (χ0n) is 22.4. The van der Waals surface area contributed by atoms with Gasteiger partial charge in [0.05, 0.1) is 14.6 Å². The number of thiophene rings is 2. The lowest BCUT2D eigenvalue weighted by molar-refractivity contribution is 0.172. The third kappa shape index (κ3) is 4.90. The summed E-state index contributed by atoms with van der Waals surface area (Å²) >= 11 is 3.05. The van der Waals surface area contributed by atoms with Gasteiger partial charge in [-0.25, -0.2) is 0 Å². The highest BCUT2D eigenvalue weighted by atomic mass is 32.1. The van der Waals surface area contributed by atoms with Crippen LogP contribution in [0.5, 0.6) is 23.0 Å². The maximum Gasteiger partial charge on any atom is 0.188 e. The Morgan fingerprint density at radius 3 is 1.74 bits per heavy atom. The van der Waals surface area contributed by atoms with Crippen LogP contribution in [-0.4, -0.2) is 26.4 Å². The van der Waals surface area contributed by atoms with Crippen molar-refractivity contribution in [3.05, 3.63) is 106 Å². The molecule has 4 heterocycles. The molecular formula is C35H23NO4S2. The van der Waals surface area contributed by atoms with Gasteiger partial charge < -0.3 is 18.9 Å². The van der Waals surface area contributed by atoms with Crippen LogP contribution in [0.4, 0.5) is 0 Å². The van der Waals surface area contributed by atoms with E-state index in [4.69, 9.17) is 24.2 Å². The molecule has 0 N–H and O–H groups in total. The first kappa shape index (κ1) is 26.0. The van der Waals surface area contributed by atoms with Gasteiger partial charge in [0, 0.05) is 5.92 Å². The van der Waals surface area contributed by atoms with Crippen molar-refractivity contribution in [3.8, 4) is 61.1 Å². The third-order valence-corrected chi connectivity index (χ3v) is 9.32. The lowest BCUT2D eigenvalue weighted by Crippen LogP contribution is -2.15. The number of ether oxygens (including phenoxy) is 4. The molecule has 0 unspecified atom stereocenters. The van der Waals surface area contributed by atoms with E-state index in [0.717, 1.165) is 37.1 Å². The lowest BCUT2D eigenvalue weighted by Gasteiger charge is -2.18. The zero-order chi connectivity index (χ0) is 28.3. The van der Waals surface area contributed by atoms with E-state index in [1.54, 1.807) is 11.3 Å². The molecule has 0 aliphatic carbocycles. The Balaban J connectivity index is 1.29. The smallest absolute Gasteiger partial charge is 0.188 e. The molecule has 5 nitrogen and oxygen atoms in total. The van der Waals surface area contributed by atoms with Crippen LogP contribution in [0.15, 0.2) is 84.9 Å². The molecule has 7 rings (SSSR count). The Hall–Kier alpha value is -4.95. The average Bonchev–Trinajstić information content (AvgIpc) is 3.62. The van der Waals surface area contributed by atoms with Crippen molar-refractivity contribution in [2.75, 3.05) is 26.4 Å².